The number of carbonyl (C=O) groups is 2. The molecule has 0 bridgehead atoms. The second-order valence-corrected chi connectivity index (χ2v) is 8.29. The summed E-state index contributed by atoms with van der Waals surface area (Å²) in [5.41, 5.74) is 0.511. The minimum atomic E-state index is -3.53. The zero-order valence-corrected chi connectivity index (χ0v) is 17.9. The number of hydrogen-bond acceptors (Lipinski definition) is 6. The van der Waals surface area contributed by atoms with Crippen LogP contribution in [0, 0.1) is 11.7 Å². The first-order chi connectivity index (χ1) is 16.0. The number of nitrogens with zero attached hydrogens (tertiary/aromatic N) is 2. The highest BCUT2D eigenvalue weighted by Gasteiger charge is 2.37. The lowest BCUT2D eigenvalue weighted by Gasteiger charge is -2.32. The summed E-state index contributed by atoms with van der Waals surface area (Å²) in [4.78, 5) is 24.6. The molecule has 1 aromatic carbocycles. The molecular weight excluding hydrogens is 465 g/mol. The van der Waals surface area contributed by atoms with Crippen LogP contribution < -0.4 is 5.32 Å². The number of fused-ring (bicyclic) bond motifs is 1. The Labute approximate surface area is 190 Å². The van der Waals surface area contributed by atoms with Crippen molar-refractivity contribution >= 4 is 11.7 Å². The first-order valence-electron chi connectivity index (χ1n) is 10.5. The number of ether oxygens (including phenoxy) is 1. The van der Waals surface area contributed by atoms with Crippen molar-refractivity contribution in [3.05, 3.63) is 46.6 Å². The van der Waals surface area contributed by atoms with Gasteiger partial charge >= 0.3 is 12.3 Å². The third-order valence-electron chi connectivity index (χ3n) is 5.85. The first kappa shape index (κ1) is 24.0. The van der Waals surface area contributed by atoms with Crippen molar-refractivity contribution in [1.29, 1.82) is 0 Å². The van der Waals surface area contributed by atoms with Crippen LogP contribution in [0.3, 0.4) is 0 Å². The number of halogens is 5. The van der Waals surface area contributed by atoms with E-state index in [1.54, 1.807) is 6.08 Å². The molecule has 1 saturated heterocycles. The Kier molecular flexibility index (Phi) is 6.52. The fourth-order valence-corrected chi connectivity index (χ4v) is 4.00. The third kappa shape index (κ3) is 4.86. The van der Waals surface area contributed by atoms with E-state index in [2.05, 4.69) is 15.5 Å². The van der Waals surface area contributed by atoms with Crippen LogP contribution in [0.5, 0.6) is 0 Å². The largest absolute Gasteiger partial charge is 0.415 e. The molecule has 1 aliphatic carbocycles. The van der Waals surface area contributed by atoms with Crippen LogP contribution in [-0.2, 0) is 16.0 Å². The van der Waals surface area contributed by atoms with Gasteiger partial charge in [-0.15, -0.1) is 10.2 Å². The highest BCUT2D eigenvalue weighted by molar-refractivity contribution is 6.13. The molecule has 2 atom stereocenters. The lowest BCUT2D eigenvalue weighted by molar-refractivity contribution is -0.145. The summed E-state index contributed by atoms with van der Waals surface area (Å²) in [5, 5.41) is 8.97. The third-order valence-corrected chi connectivity index (χ3v) is 5.85. The smallest absolute Gasteiger partial charge is 0.321 e. The first-order valence-corrected chi connectivity index (χ1v) is 10.5. The van der Waals surface area contributed by atoms with Crippen LogP contribution in [0.15, 0.2) is 28.2 Å². The Hall–Kier alpha value is -3.15. The summed E-state index contributed by atoms with van der Waals surface area (Å²) in [6.07, 6.45) is -0.594. The Bertz CT molecular complexity index is 1140. The molecule has 4 rings (SSSR count). The van der Waals surface area contributed by atoms with E-state index in [4.69, 9.17) is 9.15 Å². The van der Waals surface area contributed by atoms with Gasteiger partial charge in [0.25, 0.3) is 11.8 Å². The summed E-state index contributed by atoms with van der Waals surface area (Å²) in [5.74, 6) is -7.61. The maximum atomic E-state index is 14.7. The lowest BCUT2D eigenvalue weighted by atomic mass is 9.90. The van der Waals surface area contributed by atoms with Gasteiger partial charge in [0.1, 0.15) is 5.82 Å². The summed E-state index contributed by atoms with van der Waals surface area (Å²) in [7, 11) is 0. The van der Waals surface area contributed by atoms with Gasteiger partial charge in [-0.3, -0.25) is 9.59 Å². The van der Waals surface area contributed by atoms with Crippen LogP contribution in [0.1, 0.15) is 48.0 Å². The average Bonchev–Trinajstić information content (AvgIpc) is 3.39. The standard InChI is InChI=1S/C22H20F5N3O4/c1-22(26,27)21(32)28-16-9-33-5-4-10(16)2-3-11-6-13-14(17(11)31)7-12(8-15(13)23)19-29-30-20(34-19)18(24)25/h3,7-8,10,16,18H,2,4-6,9H2,1H3,(H,28,32)/b11-3+/t10?,16-/m0/s1. The number of ketones is 1. The highest BCUT2D eigenvalue weighted by Crippen LogP contribution is 2.34. The number of alkyl halides is 4. The van der Waals surface area contributed by atoms with E-state index in [1.165, 1.54) is 6.07 Å². The van der Waals surface area contributed by atoms with Crippen LogP contribution >= 0.6 is 0 Å². The summed E-state index contributed by atoms with van der Waals surface area (Å²) < 4.78 is 76.8. The van der Waals surface area contributed by atoms with Crippen molar-refractivity contribution in [1.82, 2.24) is 15.5 Å². The number of carbonyl (C=O) groups excluding carboxylic acids is 2. The van der Waals surface area contributed by atoms with Gasteiger partial charge in [-0.25, -0.2) is 4.39 Å². The molecule has 7 nitrogen and oxygen atoms in total. The van der Waals surface area contributed by atoms with Gasteiger partial charge in [-0.05, 0) is 30.9 Å². The predicted molar refractivity (Wildman–Crippen MR) is 107 cm³/mol. The number of Topliss-reactive ketones (excluding diaryl/α,β-unsaturated/α-hetero) is 1. The van der Waals surface area contributed by atoms with E-state index in [1.807, 2.05) is 0 Å². The van der Waals surface area contributed by atoms with E-state index >= 15 is 0 Å². The number of hydrogen-bond donors (Lipinski definition) is 1. The van der Waals surface area contributed by atoms with Crippen LogP contribution in [0.25, 0.3) is 11.5 Å². The van der Waals surface area contributed by atoms with Crippen molar-refractivity contribution < 1.29 is 40.7 Å². The minimum Gasteiger partial charge on any atom is -0.415 e. The number of nitrogens with one attached hydrogen (secondary N) is 1. The maximum absolute atomic E-state index is 14.7. The van der Waals surface area contributed by atoms with Gasteiger partial charge in [0.05, 0.1) is 12.6 Å². The molecule has 1 N–H and O–H groups in total. The number of benzene rings is 1. The SMILES string of the molecule is CC(F)(F)C(=O)N[C@H]1COCCC1C/C=C1\Cc2c(F)cc(-c3nnc(C(F)F)o3)cc2C1=O. The minimum absolute atomic E-state index is 0.00190. The molecule has 1 aliphatic heterocycles. The molecule has 12 heteroatoms. The monoisotopic (exact) mass is 485 g/mol. The van der Waals surface area contributed by atoms with E-state index in [9.17, 15) is 31.5 Å². The van der Waals surface area contributed by atoms with Gasteiger partial charge in [0.2, 0.25) is 5.89 Å². The van der Waals surface area contributed by atoms with E-state index in [0.29, 0.717) is 25.5 Å². The number of aromatic nitrogens is 2. The summed E-state index contributed by atoms with van der Waals surface area (Å²) in [6, 6.07) is 1.69. The summed E-state index contributed by atoms with van der Waals surface area (Å²) >= 11 is 0. The van der Waals surface area contributed by atoms with Crippen LogP contribution in [-0.4, -0.2) is 47.1 Å². The molecule has 0 radical (unpaired) electrons. The van der Waals surface area contributed by atoms with Crippen molar-refractivity contribution in [2.24, 2.45) is 5.92 Å². The second kappa shape index (κ2) is 9.24. The van der Waals surface area contributed by atoms with Gasteiger partial charge in [-0.1, -0.05) is 6.08 Å². The fraction of sp³-hybridized carbons (Fsp3) is 0.455. The number of allylic oxidation sites excluding steroid dienone is 2. The van der Waals surface area contributed by atoms with E-state index in [0.717, 1.165) is 6.07 Å². The van der Waals surface area contributed by atoms with Crippen molar-refractivity contribution in [3.8, 4) is 11.5 Å². The molecule has 182 valence electrons. The van der Waals surface area contributed by atoms with Gasteiger partial charge in [0.15, 0.2) is 5.78 Å². The Morgan fingerprint density at radius 2 is 2.09 bits per heavy atom. The predicted octanol–water partition coefficient (Wildman–Crippen LogP) is 4.05. The molecule has 2 aliphatic rings. The van der Waals surface area contributed by atoms with E-state index in [-0.39, 0.29) is 47.9 Å². The zero-order chi connectivity index (χ0) is 24.6. The topological polar surface area (TPSA) is 94.3 Å². The fourth-order valence-electron chi connectivity index (χ4n) is 4.00. The molecule has 0 spiro atoms. The molecule has 2 aromatic rings. The Morgan fingerprint density at radius 1 is 1.32 bits per heavy atom. The van der Waals surface area contributed by atoms with Crippen molar-refractivity contribution in [2.45, 2.75) is 44.6 Å². The average molecular weight is 485 g/mol. The molecule has 1 fully saturated rings. The van der Waals surface area contributed by atoms with Gasteiger partial charge in [0, 0.05) is 42.2 Å². The lowest BCUT2D eigenvalue weighted by Crippen LogP contribution is -2.50. The maximum Gasteiger partial charge on any atom is 0.321 e. The van der Waals surface area contributed by atoms with Gasteiger partial charge < -0.3 is 14.5 Å². The Morgan fingerprint density at radius 3 is 2.76 bits per heavy atom. The molecule has 34 heavy (non-hydrogen) atoms. The van der Waals surface area contributed by atoms with Crippen LogP contribution in [0.4, 0.5) is 22.0 Å². The van der Waals surface area contributed by atoms with Crippen LogP contribution in [0.2, 0.25) is 0 Å². The molecular formula is C22H20F5N3O4. The quantitative estimate of drug-likeness (QED) is 0.490. The molecule has 0 saturated carbocycles. The molecule has 1 aromatic heterocycles. The normalized spacial score (nSPS) is 21.9. The summed E-state index contributed by atoms with van der Waals surface area (Å²) in [6.45, 7) is 0.940. The highest BCUT2D eigenvalue weighted by atomic mass is 19.3. The van der Waals surface area contributed by atoms with Gasteiger partial charge in [-0.2, -0.15) is 17.6 Å². The second-order valence-electron chi connectivity index (χ2n) is 8.29. The van der Waals surface area contributed by atoms with Crippen molar-refractivity contribution in [2.75, 3.05) is 13.2 Å². The van der Waals surface area contributed by atoms with E-state index < -0.39 is 41.8 Å². The number of amides is 1. The molecule has 1 amide bonds. The molecule has 2 heterocycles. The zero-order valence-electron chi connectivity index (χ0n) is 17.9. The number of rotatable bonds is 6. The Balaban J connectivity index is 1.51. The van der Waals surface area contributed by atoms with Crippen molar-refractivity contribution in [3.63, 3.8) is 0 Å². The molecule has 1 unspecified atom stereocenters.